The molecular weight excluding hydrogens is 775 g/mol. The summed E-state index contributed by atoms with van der Waals surface area (Å²) in [6, 6.07) is 72.4. The Labute approximate surface area is 361 Å². The Balaban J connectivity index is 1.08. The molecular formula is C56H35N5S. The average molecular weight is 810 g/mol. The maximum Gasteiger partial charge on any atom is 0.166 e. The van der Waals surface area contributed by atoms with Crippen LogP contribution in [0, 0.1) is 0 Å². The minimum atomic E-state index is 0.561. The van der Waals surface area contributed by atoms with E-state index in [0.717, 1.165) is 55.9 Å². The number of hydrogen-bond acceptors (Lipinski definition) is 5. The summed E-state index contributed by atoms with van der Waals surface area (Å²) in [6.07, 6.45) is 1.98. The van der Waals surface area contributed by atoms with Gasteiger partial charge in [-0.15, -0.1) is 11.3 Å². The summed E-state index contributed by atoms with van der Waals surface area (Å²) >= 11 is 1.83. The maximum atomic E-state index is 5.31. The highest BCUT2D eigenvalue weighted by Crippen LogP contribution is 2.43. The molecule has 0 aliphatic rings. The fraction of sp³-hybridized carbons (Fsp3) is 0. The second-order valence-corrected chi connectivity index (χ2v) is 16.6. The lowest BCUT2D eigenvalue weighted by molar-refractivity contribution is 1.07. The van der Waals surface area contributed by atoms with Crippen LogP contribution >= 0.6 is 11.3 Å². The van der Waals surface area contributed by atoms with Crippen molar-refractivity contribution in [1.29, 1.82) is 0 Å². The summed E-state index contributed by atoms with van der Waals surface area (Å²) in [6.45, 7) is 0. The predicted octanol–water partition coefficient (Wildman–Crippen LogP) is 14.7. The summed E-state index contributed by atoms with van der Waals surface area (Å²) in [5.41, 5.74) is 12.3. The van der Waals surface area contributed by atoms with Crippen molar-refractivity contribution in [3.05, 3.63) is 212 Å². The van der Waals surface area contributed by atoms with E-state index < -0.39 is 0 Å². The molecule has 6 heteroatoms. The first-order valence-electron chi connectivity index (χ1n) is 20.7. The molecule has 290 valence electrons. The van der Waals surface area contributed by atoms with Gasteiger partial charge in [0.05, 0.1) is 16.7 Å². The molecule has 4 aromatic heterocycles. The molecule has 0 atom stereocenters. The van der Waals surface area contributed by atoms with Gasteiger partial charge in [-0.1, -0.05) is 152 Å². The normalized spacial score (nSPS) is 11.5. The summed E-state index contributed by atoms with van der Waals surface area (Å²) in [4.78, 5) is 20.8. The Bertz CT molecular complexity index is 3560. The van der Waals surface area contributed by atoms with Gasteiger partial charge < -0.3 is 4.57 Å². The monoisotopic (exact) mass is 809 g/mol. The SMILES string of the molecule is c1ccc(-c2cccc(-c3cnc(-c4ccc5sc6cc7c8ccccc8n(-c8ccccc8)c7cc6c5c4)c(-c4nc(-c5ccccc5)nc(-c5ccccc5)n4)c3)c2)cc1. The zero-order valence-corrected chi connectivity index (χ0v) is 34.2. The first kappa shape index (κ1) is 35.8. The molecule has 0 amide bonds. The van der Waals surface area contributed by atoms with Crippen LogP contribution in [0.2, 0.25) is 0 Å². The van der Waals surface area contributed by atoms with Crippen molar-refractivity contribution in [3.8, 4) is 73.4 Å². The number of fused-ring (bicyclic) bond motifs is 6. The predicted molar refractivity (Wildman–Crippen MR) is 257 cm³/mol. The van der Waals surface area contributed by atoms with Gasteiger partial charge >= 0.3 is 0 Å². The third kappa shape index (κ3) is 6.24. The summed E-state index contributed by atoms with van der Waals surface area (Å²) in [5, 5.41) is 4.90. The number of benzene rings is 8. The zero-order chi connectivity index (χ0) is 41.0. The van der Waals surface area contributed by atoms with Crippen molar-refractivity contribution in [3.63, 3.8) is 0 Å². The van der Waals surface area contributed by atoms with E-state index in [2.05, 4.69) is 144 Å². The van der Waals surface area contributed by atoms with Crippen molar-refractivity contribution >= 4 is 53.3 Å². The number of hydrogen-bond donors (Lipinski definition) is 0. The fourth-order valence-electron chi connectivity index (χ4n) is 8.70. The molecule has 0 bridgehead atoms. The molecule has 0 unspecified atom stereocenters. The third-order valence-corrected chi connectivity index (χ3v) is 12.8. The van der Waals surface area contributed by atoms with Crippen LogP contribution in [0.25, 0.3) is 115 Å². The topological polar surface area (TPSA) is 56.5 Å². The molecule has 5 nitrogen and oxygen atoms in total. The van der Waals surface area contributed by atoms with Gasteiger partial charge in [-0.05, 0) is 71.3 Å². The van der Waals surface area contributed by atoms with E-state index >= 15 is 0 Å². The van der Waals surface area contributed by atoms with Gasteiger partial charge in [0.1, 0.15) is 0 Å². The smallest absolute Gasteiger partial charge is 0.166 e. The lowest BCUT2D eigenvalue weighted by Gasteiger charge is -2.14. The Morgan fingerprint density at radius 1 is 0.339 bits per heavy atom. The van der Waals surface area contributed by atoms with E-state index in [4.69, 9.17) is 19.9 Å². The van der Waals surface area contributed by atoms with Crippen LogP contribution < -0.4 is 0 Å². The Hall–Kier alpha value is -8.06. The molecule has 0 radical (unpaired) electrons. The second kappa shape index (κ2) is 14.9. The van der Waals surface area contributed by atoms with E-state index in [9.17, 15) is 0 Å². The van der Waals surface area contributed by atoms with E-state index in [0.29, 0.717) is 17.5 Å². The molecule has 0 spiro atoms. The Morgan fingerprint density at radius 2 is 0.919 bits per heavy atom. The number of aromatic nitrogens is 5. The first-order valence-corrected chi connectivity index (χ1v) is 21.5. The standard InChI is InChI=1S/C56H35N5S/c1-5-16-36(17-6-1)39-22-15-23-40(30-39)42-32-48(56-59-54(37-18-7-2-8-19-37)58-55(60-56)38-20-9-3-10-21-38)53(57-35-42)41-28-29-51-46(31-41)47-33-50-45(34-52(47)62-51)44-26-13-14-27-49(44)61(50)43-24-11-4-12-25-43/h1-35H. The van der Waals surface area contributed by atoms with Gasteiger partial charge in [0, 0.05) is 70.6 Å². The van der Waals surface area contributed by atoms with Gasteiger partial charge in [0.2, 0.25) is 0 Å². The van der Waals surface area contributed by atoms with Crippen LogP contribution in [-0.2, 0) is 0 Å². The van der Waals surface area contributed by atoms with Crippen molar-refractivity contribution < 1.29 is 0 Å². The number of pyridine rings is 1. The summed E-state index contributed by atoms with van der Waals surface area (Å²) in [7, 11) is 0. The molecule has 12 rings (SSSR count). The Morgan fingerprint density at radius 3 is 1.63 bits per heavy atom. The maximum absolute atomic E-state index is 5.31. The van der Waals surface area contributed by atoms with Crippen LogP contribution in [0.4, 0.5) is 0 Å². The third-order valence-electron chi connectivity index (χ3n) is 11.7. The van der Waals surface area contributed by atoms with Crippen LogP contribution in [0.3, 0.4) is 0 Å². The minimum Gasteiger partial charge on any atom is -0.309 e. The molecule has 8 aromatic carbocycles. The summed E-state index contributed by atoms with van der Waals surface area (Å²) < 4.78 is 4.86. The molecule has 0 saturated carbocycles. The number of nitrogens with zero attached hydrogens (tertiary/aromatic N) is 5. The first-order chi connectivity index (χ1) is 30.7. The fourth-order valence-corrected chi connectivity index (χ4v) is 9.81. The number of para-hydroxylation sites is 2. The van der Waals surface area contributed by atoms with Crippen LogP contribution in [0.15, 0.2) is 212 Å². The molecule has 4 heterocycles. The molecule has 12 aromatic rings. The van der Waals surface area contributed by atoms with E-state index in [1.165, 1.54) is 42.0 Å². The molecule has 62 heavy (non-hydrogen) atoms. The highest BCUT2D eigenvalue weighted by atomic mass is 32.1. The van der Waals surface area contributed by atoms with Gasteiger partial charge in [-0.3, -0.25) is 4.98 Å². The van der Waals surface area contributed by atoms with Crippen molar-refractivity contribution in [2.75, 3.05) is 0 Å². The molecule has 0 N–H and O–H groups in total. The average Bonchev–Trinajstić information content (AvgIpc) is 3.88. The molecule has 0 saturated heterocycles. The quantitative estimate of drug-likeness (QED) is 0.161. The van der Waals surface area contributed by atoms with Gasteiger partial charge in [0.25, 0.3) is 0 Å². The van der Waals surface area contributed by atoms with E-state index in [1.54, 1.807) is 0 Å². The van der Waals surface area contributed by atoms with E-state index in [1.807, 2.05) is 84.3 Å². The minimum absolute atomic E-state index is 0.561. The zero-order valence-electron chi connectivity index (χ0n) is 33.4. The largest absolute Gasteiger partial charge is 0.309 e. The molecule has 0 fully saturated rings. The highest BCUT2D eigenvalue weighted by Gasteiger charge is 2.20. The number of thiophene rings is 1. The number of rotatable bonds is 7. The Kier molecular flexibility index (Phi) is 8.61. The van der Waals surface area contributed by atoms with Gasteiger partial charge in [-0.25, -0.2) is 15.0 Å². The van der Waals surface area contributed by atoms with Crippen molar-refractivity contribution in [2.24, 2.45) is 0 Å². The lowest BCUT2D eigenvalue weighted by atomic mass is 9.96. The van der Waals surface area contributed by atoms with Crippen LogP contribution in [0.5, 0.6) is 0 Å². The summed E-state index contributed by atoms with van der Waals surface area (Å²) in [5.74, 6) is 1.77. The molecule has 0 aliphatic heterocycles. The van der Waals surface area contributed by atoms with Crippen LogP contribution in [0.1, 0.15) is 0 Å². The van der Waals surface area contributed by atoms with E-state index in [-0.39, 0.29) is 0 Å². The molecule has 0 aliphatic carbocycles. The van der Waals surface area contributed by atoms with Crippen LogP contribution in [-0.4, -0.2) is 24.5 Å². The second-order valence-electron chi connectivity index (χ2n) is 15.5. The van der Waals surface area contributed by atoms with Gasteiger partial charge in [-0.2, -0.15) is 0 Å². The lowest BCUT2D eigenvalue weighted by Crippen LogP contribution is -2.02. The van der Waals surface area contributed by atoms with Gasteiger partial charge in [0.15, 0.2) is 17.5 Å². The van der Waals surface area contributed by atoms with Crippen molar-refractivity contribution in [1.82, 2.24) is 24.5 Å². The van der Waals surface area contributed by atoms with Crippen molar-refractivity contribution in [2.45, 2.75) is 0 Å². The highest BCUT2D eigenvalue weighted by molar-refractivity contribution is 7.25.